The number of allylic oxidation sites excluding steroid dienone is 1. The molecule has 1 aromatic rings. The van der Waals surface area contributed by atoms with E-state index in [0.717, 1.165) is 0 Å². The SMILES string of the molecule is C=C(Cn1nccc1C)[B-](F)(F)F.[K+]. The van der Waals surface area contributed by atoms with Gasteiger partial charge in [-0.1, -0.05) is 0 Å². The summed E-state index contributed by atoms with van der Waals surface area (Å²) < 4.78 is 37.6. The summed E-state index contributed by atoms with van der Waals surface area (Å²) in [5.41, 5.74) is -0.0343. The Morgan fingerprint density at radius 2 is 2.14 bits per heavy atom. The van der Waals surface area contributed by atoms with Gasteiger partial charge in [-0.2, -0.15) is 5.10 Å². The molecule has 0 amide bonds. The van der Waals surface area contributed by atoms with E-state index >= 15 is 0 Å². The predicted octanol–water partition coefficient (Wildman–Crippen LogP) is -0.862. The summed E-state index contributed by atoms with van der Waals surface area (Å²) in [7, 11) is 0. The minimum absolute atomic E-state index is 0. The fourth-order valence-corrected chi connectivity index (χ4v) is 0.860. The van der Waals surface area contributed by atoms with Crippen molar-refractivity contribution in [2.24, 2.45) is 0 Å². The second-order valence-electron chi connectivity index (χ2n) is 2.86. The zero-order valence-corrected chi connectivity index (χ0v) is 11.3. The predicted molar refractivity (Wildman–Crippen MR) is 45.2 cm³/mol. The number of halogens is 3. The van der Waals surface area contributed by atoms with E-state index in [0.29, 0.717) is 5.69 Å². The average Bonchev–Trinajstić information content (AvgIpc) is 2.34. The summed E-state index contributed by atoms with van der Waals surface area (Å²) in [6, 6.07) is 1.65. The number of aryl methyl sites for hydroxylation is 1. The Balaban J connectivity index is 0.00000169. The Kier molecular flexibility index (Phi) is 5.68. The minimum atomic E-state index is -4.95. The van der Waals surface area contributed by atoms with Crippen LogP contribution in [0.5, 0.6) is 0 Å². The first kappa shape index (κ1) is 14.4. The van der Waals surface area contributed by atoms with Gasteiger partial charge in [0, 0.05) is 18.4 Å². The van der Waals surface area contributed by atoms with Crippen LogP contribution in [0.25, 0.3) is 0 Å². The van der Waals surface area contributed by atoms with Gasteiger partial charge in [0.2, 0.25) is 0 Å². The standard InChI is InChI=1S/C7H9BF3N2.K/c1-6(8(9,10)11)5-13-7(2)3-4-12-13;/h3-4H,1,5H2,2H3;/q-1;+1. The summed E-state index contributed by atoms with van der Waals surface area (Å²) in [5, 5.41) is 3.74. The minimum Gasteiger partial charge on any atom is -0.445 e. The molecule has 14 heavy (non-hydrogen) atoms. The summed E-state index contributed by atoms with van der Waals surface area (Å²) in [5.74, 6) is 0. The fraction of sp³-hybridized carbons (Fsp3) is 0.286. The van der Waals surface area contributed by atoms with Crippen LogP contribution in [0.15, 0.2) is 24.3 Å². The van der Waals surface area contributed by atoms with Crippen molar-refractivity contribution in [3.05, 3.63) is 30.0 Å². The van der Waals surface area contributed by atoms with Crippen LogP contribution in [0.1, 0.15) is 5.69 Å². The van der Waals surface area contributed by atoms with Gasteiger partial charge in [0.25, 0.3) is 0 Å². The normalized spacial score (nSPS) is 10.9. The van der Waals surface area contributed by atoms with E-state index in [1.807, 2.05) is 0 Å². The Labute approximate surface area is 123 Å². The maximum absolute atomic E-state index is 12.1. The molecule has 0 aromatic carbocycles. The van der Waals surface area contributed by atoms with E-state index < -0.39 is 12.4 Å². The number of aromatic nitrogens is 2. The maximum atomic E-state index is 12.1. The monoisotopic (exact) mass is 228 g/mol. The molecule has 1 aromatic heterocycles. The molecule has 7 heteroatoms. The number of rotatable bonds is 3. The van der Waals surface area contributed by atoms with E-state index in [9.17, 15) is 12.9 Å². The second-order valence-corrected chi connectivity index (χ2v) is 2.86. The molecule has 72 valence electrons. The first-order valence-electron chi connectivity index (χ1n) is 3.77. The Morgan fingerprint density at radius 3 is 2.50 bits per heavy atom. The molecule has 0 saturated heterocycles. The van der Waals surface area contributed by atoms with Crippen LogP contribution in [0.4, 0.5) is 12.9 Å². The van der Waals surface area contributed by atoms with E-state index in [2.05, 4.69) is 11.7 Å². The smallest absolute Gasteiger partial charge is 0.445 e. The third-order valence-corrected chi connectivity index (χ3v) is 1.74. The number of hydrogen-bond acceptors (Lipinski definition) is 1. The molecule has 1 rings (SSSR count). The van der Waals surface area contributed by atoms with E-state index in [4.69, 9.17) is 0 Å². The van der Waals surface area contributed by atoms with Crippen molar-refractivity contribution in [1.82, 2.24) is 9.78 Å². The van der Waals surface area contributed by atoms with Crippen molar-refractivity contribution < 1.29 is 64.3 Å². The van der Waals surface area contributed by atoms with Gasteiger partial charge < -0.3 is 12.9 Å². The summed E-state index contributed by atoms with van der Waals surface area (Å²) >= 11 is 0. The molecule has 0 radical (unpaired) electrons. The molecule has 1 heterocycles. The van der Waals surface area contributed by atoms with Crippen LogP contribution in [0.3, 0.4) is 0 Å². The second kappa shape index (κ2) is 5.50. The zero-order chi connectivity index (χ0) is 10.1. The van der Waals surface area contributed by atoms with E-state index in [-0.39, 0.29) is 57.9 Å². The molecule has 2 nitrogen and oxygen atoms in total. The van der Waals surface area contributed by atoms with Crippen LogP contribution in [-0.2, 0) is 6.54 Å². The van der Waals surface area contributed by atoms with Gasteiger partial charge in [0.05, 0.1) is 0 Å². The zero-order valence-electron chi connectivity index (χ0n) is 8.17. The quantitative estimate of drug-likeness (QED) is 0.615. The van der Waals surface area contributed by atoms with Crippen LogP contribution < -0.4 is 51.4 Å². The van der Waals surface area contributed by atoms with Crippen LogP contribution in [0, 0.1) is 6.92 Å². The van der Waals surface area contributed by atoms with Crippen LogP contribution in [-0.4, -0.2) is 16.8 Å². The van der Waals surface area contributed by atoms with E-state index in [1.54, 1.807) is 13.0 Å². The average molecular weight is 228 g/mol. The first-order valence-corrected chi connectivity index (χ1v) is 3.77. The van der Waals surface area contributed by atoms with Gasteiger partial charge in [-0.25, -0.2) is 0 Å². The van der Waals surface area contributed by atoms with Gasteiger partial charge in [-0.3, -0.25) is 4.68 Å². The molecule has 0 spiro atoms. The Bertz CT molecular complexity index is 321. The summed E-state index contributed by atoms with van der Waals surface area (Å²) in [6.07, 6.45) is 1.46. The molecule has 0 aliphatic heterocycles. The largest absolute Gasteiger partial charge is 1.00 e. The Morgan fingerprint density at radius 1 is 1.57 bits per heavy atom. The van der Waals surface area contributed by atoms with E-state index in [1.165, 1.54) is 10.9 Å². The van der Waals surface area contributed by atoms with Gasteiger partial charge in [-0.05, 0) is 13.0 Å². The molecule has 0 atom stereocenters. The summed E-state index contributed by atoms with van der Waals surface area (Å²) in [6.45, 7) is -0.540. The number of hydrogen-bond donors (Lipinski definition) is 0. The van der Waals surface area contributed by atoms with Gasteiger partial charge in [-0.15, -0.1) is 12.1 Å². The van der Waals surface area contributed by atoms with Crippen molar-refractivity contribution in [2.45, 2.75) is 13.5 Å². The molecular formula is C7H9BF3KN2. The topological polar surface area (TPSA) is 17.8 Å². The van der Waals surface area contributed by atoms with Gasteiger partial charge in [0.1, 0.15) is 0 Å². The molecule has 0 aliphatic rings. The molecule has 0 saturated carbocycles. The van der Waals surface area contributed by atoms with Crippen molar-refractivity contribution in [1.29, 1.82) is 0 Å². The molecular weight excluding hydrogens is 219 g/mol. The molecule has 0 bridgehead atoms. The molecule has 0 aliphatic carbocycles. The van der Waals surface area contributed by atoms with Gasteiger partial charge in [0.15, 0.2) is 0 Å². The van der Waals surface area contributed by atoms with Crippen molar-refractivity contribution >= 4 is 6.98 Å². The maximum Gasteiger partial charge on any atom is 1.00 e. The Hall–Kier alpha value is 0.441. The van der Waals surface area contributed by atoms with Crippen LogP contribution >= 0.6 is 0 Å². The van der Waals surface area contributed by atoms with Crippen LogP contribution in [0.2, 0.25) is 0 Å². The third kappa shape index (κ3) is 3.90. The molecule has 0 fully saturated rings. The molecule has 0 unspecified atom stereocenters. The number of nitrogens with zero attached hydrogens (tertiary/aromatic N) is 2. The van der Waals surface area contributed by atoms with Crippen molar-refractivity contribution in [3.8, 4) is 0 Å². The van der Waals surface area contributed by atoms with Gasteiger partial charge >= 0.3 is 58.4 Å². The summed E-state index contributed by atoms with van der Waals surface area (Å²) in [4.78, 5) is 0. The first-order chi connectivity index (χ1) is 5.91. The third-order valence-electron chi connectivity index (χ3n) is 1.74. The molecule has 0 N–H and O–H groups in total. The fourth-order valence-electron chi connectivity index (χ4n) is 0.860. The van der Waals surface area contributed by atoms with Crippen molar-refractivity contribution in [2.75, 3.05) is 0 Å². The van der Waals surface area contributed by atoms with Crippen molar-refractivity contribution in [3.63, 3.8) is 0 Å².